The van der Waals surface area contributed by atoms with Gasteiger partial charge in [-0.25, -0.2) is 13.6 Å². The zero-order valence-electron chi connectivity index (χ0n) is 13.7. The summed E-state index contributed by atoms with van der Waals surface area (Å²) in [4.78, 5) is 27.3. The first-order chi connectivity index (χ1) is 12.4. The summed E-state index contributed by atoms with van der Waals surface area (Å²) in [6.45, 7) is 0.238. The minimum absolute atomic E-state index is 0.0159. The maximum Gasteiger partial charge on any atom is 0.323 e. The molecule has 0 unspecified atom stereocenters. The minimum Gasteiger partial charge on any atom is -0.320 e. The Morgan fingerprint density at radius 1 is 1.19 bits per heavy atom. The van der Waals surface area contributed by atoms with Crippen LogP contribution in [0.3, 0.4) is 0 Å². The number of nitrogens with one attached hydrogen (secondary N) is 1. The third-order valence-corrected chi connectivity index (χ3v) is 4.26. The van der Waals surface area contributed by atoms with E-state index in [2.05, 4.69) is 5.32 Å². The molecule has 1 aliphatic heterocycles. The first-order valence-corrected chi connectivity index (χ1v) is 8.33. The molecule has 1 N–H and O–H groups in total. The third kappa shape index (κ3) is 4.29. The van der Waals surface area contributed by atoms with Crippen LogP contribution in [0.25, 0.3) is 0 Å². The molecule has 3 rings (SSSR count). The zero-order chi connectivity index (χ0) is 18.7. The number of rotatable bonds is 3. The zero-order valence-corrected chi connectivity index (χ0v) is 14.5. The second kappa shape index (κ2) is 7.70. The number of carbonyl (C=O) groups is 2. The fraction of sp³-hybridized carbons (Fsp3) is 0.222. The van der Waals surface area contributed by atoms with Gasteiger partial charge in [0.15, 0.2) is 0 Å². The maximum absolute atomic E-state index is 13.8. The summed E-state index contributed by atoms with van der Waals surface area (Å²) in [6, 6.07) is 9.53. The van der Waals surface area contributed by atoms with E-state index in [1.165, 1.54) is 15.9 Å². The second-order valence-electron chi connectivity index (χ2n) is 5.92. The summed E-state index contributed by atoms with van der Waals surface area (Å²) in [5.74, 6) is -1.60. The molecule has 0 aromatic heterocycles. The quantitative estimate of drug-likeness (QED) is 0.880. The highest BCUT2D eigenvalue weighted by molar-refractivity contribution is 6.30. The van der Waals surface area contributed by atoms with E-state index in [1.54, 1.807) is 24.3 Å². The highest BCUT2D eigenvalue weighted by atomic mass is 35.5. The van der Waals surface area contributed by atoms with Gasteiger partial charge in [-0.05, 0) is 24.3 Å². The number of halogens is 3. The molecule has 0 atom stereocenters. The lowest BCUT2D eigenvalue weighted by molar-refractivity contribution is -0.137. The van der Waals surface area contributed by atoms with Crippen LogP contribution in [0.15, 0.2) is 42.5 Å². The maximum atomic E-state index is 13.8. The van der Waals surface area contributed by atoms with Gasteiger partial charge < -0.3 is 15.1 Å². The van der Waals surface area contributed by atoms with Crippen LogP contribution in [-0.2, 0) is 11.3 Å². The minimum atomic E-state index is -0.724. The molecule has 0 spiro atoms. The van der Waals surface area contributed by atoms with Gasteiger partial charge in [0.25, 0.3) is 0 Å². The second-order valence-corrected chi connectivity index (χ2v) is 6.36. The number of urea groups is 1. The van der Waals surface area contributed by atoms with Crippen molar-refractivity contribution in [3.63, 3.8) is 0 Å². The molecule has 2 aromatic carbocycles. The van der Waals surface area contributed by atoms with E-state index in [4.69, 9.17) is 11.6 Å². The van der Waals surface area contributed by atoms with Crippen molar-refractivity contribution in [3.05, 3.63) is 64.7 Å². The lowest BCUT2D eigenvalue weighted by Gasteiger charge is -2.35. The van der Waals surface area contributed by atoms with E-state index in [-0.39, 0.29) is 43.7 Å². The molecule has 26 heavy (non-hydrogen) atoms. The van der Waals surface area contributed by atoms with E-state index < -0.39 is 11.6 Å². The van der Waals surface area contributed by atoms with Gasteiger partial charge in [0.05, 0.1) is 13.2 Å². The summed E-state index contributed by atoms with van der Waals surface area (Å²) in [5, 5.41) is 3.20. The molecular formula is C18H16ClF2N3O2. The van der Waals surface area contributed by atoms with Crippen LogP contribution in [0, 0.1) is 11.6 Å². The number of nitrogens with zero attached hydrogens (tertiary/aromatic N) is 2. The van der Waals surface area contributed by atoms with Crippen LogP contribution in [-0.4, -0.2) is 35.0 Å². The monoisotopic (exact) mass is 379 g/mol. The molecule has 1 fully saturated rings. The summed E-state index contributed by atoms with van der Waals surface area (Å²) in [6.07, 6.45) is 0.131. The van der Waals surface area contributed by atoms with Crippen LogP contribution in [0.5, 0.6) is 0 Å². The molecule has 136 valence electrons. The molecule has 0 radical (unpaired) electrons. The molecule has 2 aromatic rings. The van der Waals surface area contributed by atoms with Gasteiger partial charge in [-0.1, -0.05) is 23.7 Å². The normalized spacial score (nSPS) is 14.5. The van der Waals surface area contributed by atoms with Crippen molar-refractivity contribution >= 4 is 29.2 Å². The topological polar surface area (TPSA) is 52.7 Å². The molecule has 0 bridgehead atoms. The lowest BCUT2D eigenvalue weighted by atomic mass is 10.1. The van der Waals surface area contributed by atoms with Crippen LogP contribution >= 0.6 is 11.6 Å². The number of carbonyl (C=O) groups excluding carboxylic acids is 2. The largest absolute Gasteiger partial charge is 0.323 e. The van der Waals surface area contributed by atoms with E-state index >= 15 is 0 Å². The molecule has 0 saturated carbocycles. The highest BCUT2D eigenvalue weighted by Gasteiger charge is 2.27. The van der Waals surface area contributed by atoms with Crippen molar-refractivity contribution in [1.82, 2.24) is 9.80 Å². The predicted octanol–water partition coefficient (Wildman–Crippen LogP) is 3.84. The van der Waals surface area contributed by atoms with Crippen LogP contribution in [0.2, 0.25) is 5.02 Å². The number of hydrogen-bond donors (Lipinski definition) is 1. The smallest absolute Gasteiger partial charge is 0.320 e. The Bertz CT molecular complexity index is 847. The van der Waals surface area contributed by atoms with E-state index in [0.29, 0.717) is 10.7 Å². The average molecular weight is 380 g/mol. The van der Waals surface area contributed by atoms with Crippen LogP contribution in [0.1, 0.15) is 12.0 Å². The highest BCUT2D eigenvalue weighted by Crippen LogP contribution is 2.18. The number of hydrogen-bond acceptors (Lipinski definition) is 2. The van der Waals surface area contributed by atoms with Crippen molar-refractivity contribution in [2.75, 3.05) is 18.5 Å². The van der Waals surface area contributed by atoms with Gasteiger partial charge in [0, 0.05) is 35.3 Å². The molecule has 3 amide bonds. The summed E-state index contributed by atoms with van der Waals surface area (Å²) < 4.78 is 26.8. The average Bonchev–Trinajstić information content (AvgIpc) is 2.59. The molecule has 8 heteroatoms. The van der Waals surface area contributed by atoms with Crippen LogP contribution in [0.4, 0.5) is 19.3 Å². The molecule has 5 nitrogen and oxygen atoms in total. The first-order valence-electron chi connectivity index (χ1n) is 7.95. The number of anilines is 1. The summed E-state index contributed by atoms with van der Waals surface area (Å²) in [5.41, 5.74) is 0.729. The molecule has 1 saturated heterocycles. The van der Waals surface area contributed by atoms with Gasteiger partial charge >= 0.3 is 6.03 Å². The third-order valence-electron chi connectivity index (χ3n) is 4.03. The Hall–Kier alpha value is -2.67. The van der Waals surface area contributed by atoms with Crippen molar-refractivity contribution in [2.45, 2.75) is 13.0 Å². The number of benzene rings is 2. The SMILES string of the molecule is O=C1CCN(C(=O)Nc2cccc(Cl)c2)CN1Cc1ccc(F)cc1F. The lowest BCUT2D eigenvalue weighted by Crippen LogP contribution is -2.51. The Balaban J connectivity index is 1.67. The molecule has 1 heterocycles. The first kappa shape index (κ1) is 18.1. The Labute approximate surface area is 154 Å². The van der Waals surface area contributed by atoms with Crippen molar-refractivity contribution < 1.29 is 18.4 Å². The Kier molecular flexibility index (Phi) is 5.37. The molecular weight excluding hydrogens is 364 g/mol. The van der Waals surface area contributed by atoms with Gasteiger partial charge in [0.1, 0.15) is 11.6 Å². The molecule has 1 aliphatic rings. The Morgan fingerprint density at radius 2 is 2.00 bits per heavy atom. The van der Waals surface area contributed by atoms with Gasteiger partial charge in [-0.15, -0.1) is 0 Å². The number of amides is 3. The fourth-order valence-electron chi connectivity index (χ4n) is 2.67. The summed E-state index contributed by atoms with van der Waals surface area (Å²) >= 11 is 5.89. The standard InChI is InChI=1S/C18H16ClF2N3O2/c19-13-2-1-3-15(8-13)22-18(26)23-7-6-17(25)24(11-23)10-12-4-5-14(20)9-16(12)21/h1-5,8-9H,6-7,10-11H2,(H,22,26). The summed E-state index contributed by atoms with van der Waals surface area (Å²) in [7, 11) is 0. The van der Waals surface area contributed by atoms with Gasteiger partial charge in [0.2, 0.25) is 5.91 Å². The van der Waals surface area contributed by atoms with E-state index in [9.17, 15) is 18.4 Å². The van der Waals surface area contributed by atoms with E-state index in [0.717, 1.165) is 12.1 Å². The van der Waals surface area contributed by atoms with Crippen molar-refractivity contribution in [2.24, 2.45) is 0 Å². The molecule has 0 aliphatic carbocycles. The fourth-order valence-corrected chi connectivity index (χ4v) is 2.86. The van der Waals surface area contributed by atoms with Gasteiger partial charge in [-0.2, -0.15) is 0 Å². The van der Waals surface area contributed by atoms with Crippen LogP contribution < -0.4 is 5.32 Å². The van der Waals surface area contributed by atoms with E-state index in [1.807, 2.05) is 0 Å². The van der Waals surface area contributed by atoms with Crippen molar-refractivity contribution in [3.8, 4) is 0 Å². The van der Waals surface area contributed by atoms with Crippen molar-refractivity contribution in [1.29, 1.82) is 0 Å². The van der Waals surface area contributed by atoms with Gasteiger partial charge in [-0.3, -0.25) is 4.79 Å². The predicted molar refractivity (Wildman–Crippen MR) is 93.6 cm³/mol. The Morgan fingerprint density at radius 3 is 2.73 bits per heavy atom.